The van der Waals surface area contributed by atoms with Crippen molar-refractivity contribution in [1.29, 1.82) is 0 Å². The lowest BCUT2D eigenvalue weighted by Crippen LogP contribution is -2.22. The molecule has 3 heteroatoms. The molecule has 96 valence electrons. The Labute approximate surface area is 117 Å². The summed E-state index contributed by atoms with van der Waals surface area (Å²) in [6, 6.07) is 15.1. The highest BCUT2D eigenvalue weighted by molar-refractivity contribution is 7.98. The topological polar surface area (TPSA) is 26.0 Å². The van der Waals surface area contributed by atoms with Crippen molar-refractivity contribution < 1.29 is 0 Å². The summed E-state index contributed by atoms with van der Waals surface area (Å²) in [5.41, 5.74) is 7.49. The van der Waals surface area contributed by atoms with Crippen molar-refractivity contribution in [3.05, 3.63) is 57.8 Å². The number of hydrogen-bond donors (Lipinski definition) is 1. The van der Waals surface area contributed by atoms with E-state index in [1.807, 2.05) is 23.1 Å². The van der Waals surface area contributed by atoms with Crippen LogP contribution >= 0.6 is 23.1 Å². The summed E-state index contributed by atoms with van der Waals surface area (Å²) in [7, 11) is 0. The largest absolute Gasteiger partial charge is 0.327 e. The van der Waals surface area contributed by atoms with E-state index in [0.717, 1.165) is 5.75 Å². The van der Waals surface area contributed by atoms with E-state index >= 15 is 0 Å². The Morgan fingerprint density at radius 1 is 1.17 bits per heavy atom. The van der Waals surface area contributed by atoms with Crippen LogP contribution in [-0.4, -0.2) is 6.04 Å². The monoisotopic (exact) mass is 277 g/mol. The molecule has 2 rings (SSSR count). The Hall–Kier alpha value is -0.770. The van der Waals surface area contributed by atoms with Gasteiger partial charge in [0.2, 0.25) is 0 Å². The van der Waals surface area contributed by atoms with Crippen LogP contribution in [0.4, 0.5) is 0 Å². The zero-order valence-corrected chi connectivity index (χ0v) is 12.4. The quantitative estimate of drug-likeness (QED) is 0.877. The Morgan fingerprint density at radius 2 is 1.89 bits per heavy atom. The second-order valence-electron chi connectivity index (χ2n) is 4.52. The van der Waals surface area contributed by atoms with Crippen LogP contribution in [0, 0.1) is 6.92 Å². The van der Waals surface area contributed by atoms with E-state index in [9.17, 15) is 0 Å². The zero-order valence-electron chi connectivity index (χ0n) is 10.8. The minimum absolute atomic E-state index is 0.178. The number of benzene rings is 1. The predicted octanol–water partition coefficient (Wildman–Crippen LogP) is 4.38. The molecule has 0 fully saturated rings. The first-order valence-electron chi connectivity index (χ1n) is 6.14. The maximum Gasteiger partial charge on any atom is 0.0542 e. The minimum Gasteiger partial charge on any atom is -0.327 e. The molecule has 2 N–H and O–H groups in total. The molecule has 0 aliphatic rings. The zero-order chi connectivity index (χ0) is 13.0. The molecule has 0 spiro atoms. The third kappa shape index (κ3) is 3.61. The van der Waals surface area contributed by atoms with Gasteiger partial charge in [-0.15, -0.1) is 23.1 Å². The molecule has 0 saturated heterocycles. The van der Waals surface area contributed by atoms with Crippen LogP contribution in [0.3, 0.4) is 0 Å². The van der Waals surface area contributed by atoms with Gasteiger partial charge in [-0.3, -0.25) is 0 Å². The molecule has 0 saturated carbocycles. The van der Waals surface area contributed by atoms with E-state index in [1.165, 1.54) is 15.3 Å². The van der Waals surface area contributed by atoms with Crippen molar-refractivity contribution >= 4 is 23.1 Å². The standard InChI is InChI=1S/C15H19NS2/c1-11-8-9-14(18-11)15(12(2)16)17-10-13-6-4-3-5-7-13/h3-9,12,15H,10,16H2,1-2H3. The van der Waals surface area contributed by atoms with Crippen molar-refractivity contribution in [3.8, 4) is 0 Å². The molecule has 2 unspecified atom stereocenters. The molecule has 1 aromatic heterocycles. The first-order chi connectivity index (χ1) is 8.66. The number of hydrogen-bond acceptors (Lipinski definition) is 3. The second-order valence-corrected chi connectivity index (χ2v) is 6.97. The first kappa shape index (κ1) is 13.7. The highest BCUT2D eigenvalue weighted by Gasteiger charge is 2.18. The average Bonchev–Trinajstić information content (AvgIpc) is 2.77. The van der Waals surface area contributed by atoms with E-state index in [-0.39, 0.29) is 6.04 Å². The third-order valence-corrected chi connectivity index (χ3v) is 5.57. The van der Waals surface area contributed by atoms with Crippen molar-refractivity contribution in [1.82, 2.24) is 0 Å². The van der Waals surface area contributed by atoms with Gasteiger partial charge in [0.1, 0.15) is 0 Å². The molecule has 18 heavy (non-hydrogen) atoms. The van der Waals surface area contributed by atoms with E-state index in [2.05, 4.69) is 56.3 Å². The van der Waals surface area contributed by atoms with Gasteiger partial charge in [0.25, 0.3) is 0 Å². The number of thiophene rings is 1. The van der Waals surface area contributed by atoms with Gasteiger partial charge in [-0.05, 0) is 31.5 Å². The maximum atomic E-state index is 6.13. The van der Waals surface area contributed by atoms with E-state index in [4.69, 9.17) is 5.73 Å². The van der Waals surface area contributed by atoms with Crippen molar-refractivity contribution in [3.63, 3.8) is 0 Å². The SMILES string of the molecule is Cc1ccc(C(SCc2ccccc2)C(C)N)s1. The maximum absolute atomic E-state index is 6.13. The fourth-order valence-corrected chi connectivity index (χ4v) is 4.29. The third-order valence-electron chi connectivity index (χ3n) is 2.79. The molecule has 2 atom stereocenters. The Bertz CT molecular complexity index is 476. The van der Waals surface area contributed by atoms with Gasteiger partial charge >= 0.3 is 0 Å². The van der Waals surface area contributed by atoms with Crippen LogP contribution < -0.4 is 5.73 Å². The Morgan fingerprint density at radius 3 is 2.44 bits per heavy atom. The fourth-order valence-electron chi connectivity index (χ4n) is 1.86. The van der Waals surface area contributed by atoms with Gasteiger partial charge in [-0.25, -0.2) is 0 Å². The summed E-state index contributed by atoms with van der Waals surface area (Å²) in [5.74, 6) is 1.02. The molecule has 1 aromatic carbocycles. The molecule has 0 radical (unpaired) electrons. The van der Waals surface area contributed by atoms with Crippen LogP contribution in [0.2, 0.25) is 0 Å². The molecule has 0 bridgehead atoms. The smallest absolute Gasteiger partial charge is 0.0542 e. The van der Waals surface area contributed by atoms with Gasteiger partial charge in [-0.1, -0.05) is 30.3 Å². The predicted molar refractivity (Wildman–Crippen MR) is 83.2 cm³/mol. The van der Waals surface area contributed by atoms with Crippen LogP contribution in [0.5, 0.6) is 0 Å². The van der Waals surface area contributed by atoms with E-state index < -0.39 is 0 Å². The minimum atomic E-state index is 0.178. The molecular weight excluding hydrogens is 258 g/mol. The van der Waals surface area contributed by atoms with Gasteiger partial charge in [0.15, 0.2) is 0 Å². The number of thioether (sulfide) groups is 1. The normalized spacial score (nSPS) is 14.4. The number of nitrogens with two attached hydrogens (primary N) is 1. The summed E-state index contributed by atoms with van der Waals surface area (Å²) >= 11 is 3.79. The van der Waals surface area contributed by atoms with Crippen molar-refractivity contribution in [2.75, 3.05) is 0 Å². The lowest BCUT2D eigenvalue weighted by molar-refractivity contribution is 0.730. The molecule has 2 aromatic rings. The van der Waals surface area contributed by atoms with Gasteiger partial charge in [0.05, 0.1) is 5.25 Å². The number of rotatable bonds is 5. The Balaban J connectivity index is 2.04. The van der Waals surface area contributed by atoms with Crippen LogP contribution in [0.25, 0.3) is 0 Å². The molecule has 0 aliphatic carbocycles. The summed E-state index contributed by atoms with van der Waals surface area (Å²) in [5, 5.41) is 0.393. The van der Waals surface area contributed by atoms with Gasteiger partial charge in [-0.2, -0.15) is 0 Å². The first-order valence-corrected chi connectivity index (χ1v) is 8.01. The van der Waals surface area contributed by atoms with E-state index in [0.29, 0.717) is 5.25 Å². The van der Waals surface area contributed by atoms with Crippen LogP contribution in [-0.2, 0) is 5.75 Å². The summed E-state index contributed by atoms with van der Waals surface area (Å²) < 4.78 is 0. The lowest BCUT2D eigenvalue weighted by Gasteiger charge is -2.19. The molecule has 0 amide bonds. The van der Waals surface area contributed by atoms with Gasteiger partial charge in [0, 0.05) is 21.5 Å². The lowest BCUT2D eigenvalue weighted by atomic mass is 10.2. The summed E-state index contributed by atoms with van der Waals surface area (Å²) in [6.07, 6.45) is 0. The van der Waals surface area contributed by atoms with E-state index in [1.54, 1.807) is 0 Å². The number of aryl methyl sites for hydroxylation is 1. The van der Waals surface area contributed by atoms with Gasteiger partial charge < -0.3 is 5.73 Å². The highest BCUT2D eigenvalue weighted by Crippen LogP contribution is 2.37. The molecule has 1 heterocycles. The molecule has 1 nitrogen and oxygen atoms in total. The Kier molecular flexibility index (Phi) is 4.87. The second kappa shape index (κ2) is 6.41. The highest BCUT2D eigenvalue weighted by atomic mass is 32.2. The van der Waals surface area contributed by atoms with Crippen LogP contribution in [0.1, 0.15) is 27.5 Å². The summed E-state index contributed by atoms with van der Waals surface area (Å²) in [6.45, 7) is 4.24. The van der Waals surface area contributed by atoms with Crippen molar-refractivity contribution in [2.45, 2.75) is 30.9 Å². The molecular formula is C15H19NS2. The fraction of sp³-hybridized carbons (Fsp3) is 0.333. The molecule has 0 aliphatic heterocycles. The summed E-state index contributed by atoms with van der Waals surface area (Å²) in [4.78, 5) is 2.75. The van der Waals surface area contributed by atoms with Crippen LogP contribution in [0.15, 0.2) is 42.5 Å². The average molecular weight is 277 g/mol. The van der Waals surface area contributed by atoms with Crippen molar-refractivity contribution in [2.24, 2.45) is 5.73 Å².